The second kappa shape index (κ2) is 9.96. The third-order valence-electron chi connectivity index (χ3n) is 7.44. The first-order valence-electron chi connectivity index (χ1n) is 12.7. The lowest BCUT2D eigenvalue weighted by Crippen LogP contribution is -2.56. The second-order valence-corrected chi connectivity index (χ2v) is 10.0. The Hall–Kier alpha value is -4.86. The van der Waals surface area contributed by atoms with Crippen molar-refractivity contribution in [3.05, 3.63) is 107 Å². The number of rotatable bonds is 6. The van der Waals surface area contributed by atoms with Crippen molar-refractivity contribution >= 4 is 23.2 Å². The third-order valence-corrected chi connectivity index (χ3v) is 7.44. The van der Waals surface area contributed by atoms with Crippen LogP contribution < -0.4 is 5.32 Å². The first-order valence-corrected chi connectivity index (χ1v) is 12.7. The highest BCUT2D eigenvalue weighted by molar-refractivity contribution is 6.04. The highest BCUT2D eigenvalue weighted by atomic mass is 19.1. The normalized spacial score (nSPS) is 18.2. The number of hydrogen-bond acceptors (Lipinski definition) is 5. The molecule has 1 N–H and O–H groups in total. The molecule has 5 aromatic rings. The Morgan fingerprint density at radius 3 is 2.39 bits per heavy atom. The van der Waals surface area contributed by atoms with Crippen LogP contribution in [-0.2, 0) is 5.54 Å². The van der Waals surface area contributed by atoms with Gasteiger partial charge in [0.05, 0.1) is 10.9 Å². The number of aldehydes is 1. The zero-order valence-electron chi connectivity index (χ0n) is 21.6. The first kappa shape index (κ1) is 26.4. The van der Waals surface area contributed by atoms with Gasteiger partial charge in [0.25, 0.3) is 5.91 Å². The van der Waals surface area contributed by atoms with Crippen LogP contribution in [0.3, 0.4) is 0 Å². The lowest BCUT2D eigenvalue weighted by atomic mass is 9.74. The number of benzene rings is 3. The highest BCUT2D eigenvalue weighted by Crippen LogP contribution is 2.42. The summed E-state index contributed by atoms with van der Waals surface area (Å²) in [4.78, 5) is 33.7. The molecule has 0 bridgehead atoms. The molecule has 1 aliphatic rings. The summed E-state index contributed by atoms with van der Waals surface area (Å²) in [6, 6.07) is 11.9. The quantitative estimate of drug-likeness (QED) is 0.182. The number of furan rings is 1. The van der Waals surface area contributed by atoms with E-state index in [1.165, 1.54) is 61.8 Å². The smallest absolute Gasteiger partial charge is 0.252 e. The molecule has 2 heterocycles. The molecule has 3 aromatic carbocycles. The Morgan fingerprint density at radius 2 is 1.73 bits per heavy atom. The second-order valence-electron chi connectivity index (χ2n) is 10.0. The van der Waals surface area contributed by atoms with E-state index in [0.29, 0.717) is 11.8 Å². The van der Waals surface area contributed by atoms with Gasteiger partial charge in [0.1, 0.15) is 40.5 Å². The molecule has 206 valence electrons. The van der Waals surface area contributed by atoms with Gasteiger partial charge in [0.2, 0.25) is 0 Å². The minimum atomic E-state index is -1.16. The number of fused-ring (bicyclic) bond motifs is 1. The molecule has 1 aliphatic carbocycles. The number of nitrogens with zero attached hydrogens (tertiary/aromatic N) is 2. The number of amides is 1. The zero-order chi connectivity index (χ0) is 28.9. The fraction of sp³-hybridized carbons (Fsp3) is 0.161. The summed E-state index contributed by atoms with van der Waals surface area (Å²) in [5, 5.41) is 2.62. The van der Waals surface area contributed by atoms with E-state index in [0.717, 1.165) is 6.07 Å². The molecule has 0 atom stereocenters. The summed E-state index contributed by atoms with van der Waals surface area (Å²) < 4.78 is 64.4. The minimum Gasteiger partial charge on any atom is -0.455 e. The summed E-state index contributed by atoms with van der Waals surface area (Å²) >= 11 is 0. The molecule has 0 aliphatic heterocycles. The Kier molecular flexibility index (Phi) is 6.40. The summed E-state index contributed by atoms with van der Waals surface area (Å²) in [7, 11) is 0. The topological polar surface area (TPSA) is 85.1 Å². The summed E-state index contributed by atoms with van der Waals surface area (Å²) in [6.45, 7) is 1.44. The van der Waals surface area contributed by atoms with Crippen LogP contribution in [0.5, 0.6) is 0 Å². The van der Waals surface area contributed by atoms with Crippen LogP contribution >= 0.6 is 0 Å². The average molecular weight is 560 g/mol. The number of carbonyl (C=O) groups is 2. The number of hydrogen-bond donors (Lipinski definition) is 1. The number of alkyl halides is 1. The molecule has 10 heteroatoms. The van der Waals surface area contributed by atoms with Gasteiger partial charge in [0, 0.05) is 41.9 Å². The maximum absolute atomic E-state index is 16.1. The van der Waals surface area contributed by atoms with Gasteiger partial charge in [-0.1, -0.05) is 0 Å². The maximum atomic E-state index is 16.1. The molecule has 6 rings (SSSR count). The van der Waals surface area contributed by atoms with Gasteiger partial charge in [-0.2, -0.15) is 0 Å². The molecule has 0 unspecified atom stereocenters. The molecule has 0 radical (unpaired) electrons. The lowest BCUT2D eigenvalue weighted by molar-refractivity contribution is 0.0481. The van der Waals surface area contributed by atoms with Gasteiger partial charge < -0.3 is 9.73 Å². The van der Waals surface area contributed by atoms with Crippen molar-refractivity contribution in [3.8, 4) is 22.5 Å². The van der Waals surface area contributed by atoms with Gasteiger partial charge in [-0.25, -0.2) is 27.5 Å². The Balaban J connectivity index is 1.42. The number of halogens is 4. The van der Waals surface area contributed by atoms with Gasteiger partial charge in [-0.3, -0.25) is 9.59 Å². The molecule has 1 saturated carbocycles. The molecular weight excluding hydrogens is 538 g/mol. The van der Waals surface area contributed by atoms with E-state index in [4.69, 9.17) is 4.42 Å². The van der Waals surface area contributed by atoms with Crippen LogP contribution in [0, 0.1) is 24.4 Å². The van der Waals surface area contributed by atoms with Crippen molar-refractivity contribution in [1.29, 1.82) is 0 Å². The molecule has 41 heavy (non-hydrogen) atoms. The fourth-order valence-electron chi connectivity index (χ4n) is 5.27. The predicted octanol–water partition coefficient (Wildman–Crippen LogP) is 6.85. The zero-order valence-corrected chi connectivity index (χ0v) is 21.6. The van der Waals surface area contributed by atoms with Crippen molar-refractivity contribution in [3.63, 3.8) is 0 Å². The van der Waals surface area contributed by atoms with Crippen molar-refractivity contribution in [1.82, 2.24) is 15.3 Å². The van der Waals surface area contributed by atoms with Crippen molar-refractivity contribution in [2.75, 3.05) is 0 Å². The van der Waals surface area contributed by atoms with Crippen LogP contribution in [0.2, 0.25) is 0 Å². The third kappa shape index (κ3) is 4.45. The molecule has 6 nitrogen and oxygen atoms in total. The van der Waals surface area contributed by atoms with E-state index in [1.807, 2.05) is 0 Å². The Bertz CT molecular complexity index is 1810. The molecule has 1 fully saturated rings. The van der Waals surface area contributed by atoms with Gasteiger partial charge in [0.15, 0.2) is 12.1 Å². The SMILES string of the molecule is Cc1c(F)cc(C(=O)NC2(c3ncccn3)CC(F)C2)cc1-c1ccc2oc(-c3ccc(F)cc3)c(C=O)c2c1F. The number of aromatic nitrogens is 2. The molecule has 1 amide bonds. The molecule has 0 spiro atoms. The Labute approximate surface area is 231 Å². The largest absolute Gasteiger partial charge is 0.455 e. The first-order chi connectivity index (χ1) is 19.7. The summed E-state index contributed by atoms with van der Waals surface area (Å²) in [5.41, 5.74) is -0.836. The molecule has 2 aromatic heterocycles. The standard InChI is InChI=1S/C31H21F4N3O3/c1-16-22(11-18(12-24(16)34)29(40)38-31(13-20(33)14-31)30-36-9-2-10-37-30)21-7-8-25-26(27(21)35)23(15-39)28(41-25)17-3-5-19(32)6-4-17/h2-12,15,20H,13-14H2,1H3,(H,38,40). The van der Waals surface area contributed by atoms with Crippen LogP contribution in [-0.4, -0.2) is 28.3 Å². The fourth-order valence-corrected chi connectivity index (χ4v) is 5.27. The van der Waals surface area contributed by atoms with E-state index < -0.39 is 35.1 Å². The summed E-state index contributed by atoms with van der Waals surface area (Å²) in [6.07, 6.45) is 2.16. The van der Waals surface area contributed by atoms with Crippen LogP contribution in [0.25, 0.3) is 33.4 Å². The number of nitrogens with one attached hydrogen (secondary N) is 1. The van der Waals surface area contributed by atoms with Crippen LogP contribution in [0.1, 0.15) is 44.9 Å². The lowest BCUT2D eigenvalue weighted by Gasteiger charge is -2.43. The minimum absolute atomic E-state index is 0.0411. The monoisotopic (exact) mass is 559 g/mol. The van der Waals surface area contributed by atoms with E-state index in [9.17, 15) is 18.4 Å². The molecule has 0 saturated heterocycles. The average Bonchev–Trinajstić information content (AvgIpc) is 3.34. The van der Waals surface area contributed by atoms with Crippen molar-refractivity contribution in [2.24, 2.45) is 0 Å². The van der Waals surface area contributed by atoms with Crippen LogP contribution in [0.15, 0.2) is 71.4 Å². The predicted molar refractivity (Wildman–Crippen MR) is 142 cm³/mol. The highest BCUT2D eigenvalue weighted by Gasteiger charge is 2.49. The maximum Gasteiger partial charge on any atom is 0.252 e. The van der Waals surface area contributed by atoms with Gasteiger partial charge in [-0.15, -0.1) is 0 Å². The molecular formula is C31H21F4N3O3. The van der Waals surface area contributed by atoms with E-state index in [2.05, 4.69) is 15.3 Å². The van der Waals surface area contributed by atoms with Gasteiger partial charge >= 0.3 is 0 Å². The Morgan fingerprint density at radius 1 is 1.02 bits per heavy atom. The van der Waals surface area contributed by atoms with Crippen molar-refractivity contribution < 1.29 is 31.6 Å². The summed E-state index contributed by atoms with van der Waals surface area (Å²) in [5.74, 6) is -2.51. The van der Waals surface area contributed by atoms with E-state index in [1.54, 1.807) is 6.07 Å². The van der Waals surface area contributed by atoms with Crippen LogP contribution in [0.4, 0.5) is 17.6 Å². The van der Waals surface area contributed by atoms with E-state index in [-0.39, 0.29) is 63.2 Å². The number of carbonyl (C=O) groups excluding carboxylic acids is 2. The van der Waals surface area contributed by atoms with Crippen molar-refractivity contribution in [2.45, 2.75) is 31.5 Å². The van der Waals surface area contributed by atoms with E-state index >= 15 is 8.78 Å². The van der Waals surface area contributed by atoms with Gasteiger partial charge in [-0.05, 0) is 72.6 Å².